The van der Waals surface area contributed by atoms with Crippen molar-refractivity contribution in [3.63, 3.8) is 0 Å². The zero-order chi connectivity index (χ0) is 17.1. The molecule has 0 saturated heterocycles. The van der Waals surface area contributed by atoms with Gasteiger partial charge < -0.3 is 19.5 Å². The van der Waals surface area contributed by atoms with E-state index in [0.29, 0.717) is 11.5 Å². The Bertz CT molecular complexity index is 832. The van der Waals surface area contributed by atoms with E-state index < -0.39 is 5.97 Å². The second-order valence-electron chi connectivity index (χ2n) is 5.15. The maximum absolute atomic E-state index is 12.0. The molecule has 0 fully saturated rings. The smallest absolute Gasteiger partial charge is 0.346 e. The van der Waals surface area contributed by atoms with Crippen molar-refractivity contribution in [3.05, 3.63) is 47.0 Å². The van der Waals surface area contributed by atoms with Gasteiger partial charge in [0.1, 0.15) is 5.56 Å². The first kappa shape index (κ1) is 15.7. The number of carbonyl (C=O) groups is 1. The van der Waals surface area contributed by atoms with Gasteiger partial charge in [0.2, 0.25) is 11.7 Å². The molecule has 124 valence electrons. The third-order valence-electron chi connectivity index (χ3n) is 3.51. The molecule has 2 N–H and O–H groups in total. The molecular formula is C16H16N4O4. The quantitative estimate of drug-likeness (QED) is 0.710. The van der Waals surface area contributed by atoms with Crippen molar-refractivity contribution in [1.82, 2.24) is 15.3 Å². The molecule has 8 nitrogen and oxygen atoms in total. The van der Waals surface area contributed by atoms with Crippen LogP contribution in [0.1, 0.15) is 34.4 Å². The summed E-state index contributed by atoms with van der Waals surface area (Å²) >= 11 is 0. The number of nitrogens with two attached hydrogens (primary N) is 1. The number of benzene rings is 1. The van der Waals surface area contributed by atoms with Crippen LogP contribution in [-0.4, -0.2) is 21.3 Å². The highest BCUT2D eigenvalue weighted by Crippen LogP contribution is 2.19. The second-order valence-corrected chi connectivity index (χ2v) is 5.15. The lowest BCUT2D eigenvalue weighted by atomic mass is 10.1. The number of anilines is 1. The Labute approximate surface area is 137 Å². The number of rotatable bonds is 5. The predicted molar refractivity (Wildman–Crippen MR) is 83.9 cm³/mol. The minimum absolute atomic E-state index is 0.0836. The van der Waals surface area contributed by atoms with Crippen LogP contribution in [0.15, 0.2) is 33.3 Å². The topological polar surface area (TPSA) is 117 Å². The van der Waals surface area contributed by atoms with Crippen molar-refractivity contribution in [1.29, 1.82) is 0 Å². The van der Waals surface area contributed by atoms with E-state index in [9.17, 15) is 4.79 Å². The van der Waals surface area contributed by atoms with E-state index in [-0.39, 0.29) is 23.9 Å². The molecule has 0 radical (unpaired) electrons. The van der Waals surface area contributed by atoms with Crippen molar-refractivity contribution in [2.45, 2.75) is 26.9 Å². The average molecular weight is 328 g/mol. The first-order valence-corrected chi connectivity index (χ1v) is 7.39. The number of esters is 1. The van der Waals surface area contributed by atoms with E-state index in [4.69, 9.17) is 19.5 Å². The number of ether oxygens (including phenoxy) is 1. The molecule has 0 bridgehead atoms. The Kier molecular flexibility index (Phi) is 4.28. The van der Waals surface area contributed by atoms with Crippen molar-refractivity contribution >= 4 is 11.9 Å². The van der Waals surface area contributed by atoms with Gasteiger partial charge in [0, 0.05) is 5.56 Å². The minimum Gasteiger partial charge on any atom is -0.452 e. The van der Waals surface area contributed by atoms with Gasteiger partial charge in [-0.25, -0.2) is 4.79 Å². The molecule has 0 aliphatic carbocycles. The lowest BCUT2D eigenvalue weighted by molar-refractivity contribution is 0.0430. The molecule has 2 heterocycles. The van der Waals surface area contributed by atoms with E-state index >= 15 is 0 Å². The first-order valence-electron chi connectivity index (χ1n) is 7.39. The molecule has 0 aliphatic heterocycles. The van der Waals surface area contributed by atoms with Gasteiger partial charge in [0.05, 0.1) is 5.69 Å². The highest BCUT2D eigenvalue weighted by molar-refractivity contribution is 5.94. The number of nitrogen functional groups attached to an aromatic ring is 1. The number of aromatic nitrogens is 3. The number of aryl methyl sites for hydroxylation is 2. The summed E-state index contributed by atoms with van der Waals surface area (Å²) in [4.78, 5) is 16.2. The molecular weight excluding hydrogens is 312 g/mol. The fourth-order valence-corrected chi connectivity index (χ4v) is 2.16. The van der Waals surface area contributed by atoms with E-state index in [0.717, 1.165) is 12.0 Å². The zero-order valence-electron chi connectivity index (χ0n) is 13.3. The average Bonchev–Trinajstić information content (AvgIpc) is 3.20. The summed E-state index contributed by atoms with van der Waals surface area (Å²) in [6, 6.07) is 7.84. The van der Waals surface area contributed by atoms with Crippen LogP contribution in [0, 0.1) is 6.92 Å². The van der Waals surface area contributed by atoms with E-state index in [1.165, 1.54) is 5.56 Å². The zero-order valence-corrected chi connectivity index (χ0v) is 13.3. The van der Waals surface area contributed by atoms with Gasteiger partial charge >= 0.3 is 5.97 Å². The largest absolute Gasteiger partial charge is 0.452 e. The normalized spacial score (nSPS) is 10.8. The van der Waals surface area contributed by atoms with Crippen molar-refractivity contribution < 1.29 is 18.6 Å². The fourth-order valence-electron chi connectivity index (χ4n) is 2.16. The maximum atomic E-state index is 12.0. The Morgan fingerprint density at radius 2 is 1.96 bits per heavy atom. The van der Waals surface area contributed by atoms with Crippen LogP contribution in [0.2, 0.25) is 0 Å². The van der Waals surface area contributed by atoms with Crippen LogP contribution in [-0.2, 0) is 17.8 Å². The number of hydrogen-bond donors (Lipinski definition) is 1. The lowest BCUT2D eigenvalue weighted by Gasteiger charge is -2.00. The number of hydrogen-bond acceptors (Lipinski definition) is 8. The molecule has 0 aliphatic rings. The van der Waals surface area contributed by atoms with Gasteiger partial charge in [-0.3, -0.25) is 0 Å². The van der Waals surface area contributed by atoms with Crippen molar-refractivity contribution in [2.75, 3.05) is 5.73 Å². The molecule has 3 rings (SSSR count). The Balaban J connectivity index is 1.67. The van der Waals surface area contributed by atoms with Gasteiger partial charge in [-0.05, 0) is 18.9 Å². The molecule has 0 saturated carbocycles. The van der Waals surface area contributed by atoms with Crippen LogP contribution < -0.4 is 5.73 Å². The maximum Gasteiger partial charge on any atom is 0.346 e. The first-order chi connectivity index (χ1) is 11.6. The molecule has 3 aromatic rings. The van der Waals surface area contributed by atoms with E-state index in [1.807, 2.05) is 24.3 Å². The van der Waals surface area contributed by atoms with Gasteiger partial charge in [-0.1, -0.05) is 41.5 Å². The van der Waals surface area contributed by atoms with Gasteiger partial charge in [-0.2, -0.15) is 4.98 Å². The monoisotopic (exact) mass is 328 g/mol. The molecule has 0 amide bonds. The standard InChI is InChI=1S/C16H16N4O4/c1-3-10-4-6-11(7-5-10)15-18-12(23-20-15)8-22-16(21)13-9(2)19-24-14(13)17/h4-7H,3,8,17H2,1-2H3. The van der Waals surface area contributed by atoms with Gasteiger partial charge in [0.15, 0.2) is 6.61 Å². The highest BCUT2D eigenvalue weighted by Gasteiger charge is 2.21. The summed E-state index contributed by atoms with van der Waals surface area (Å²) in [6.07, 6.45) is 0.957. The second kappa shape index (κ2) is 6.53. The summed E-state index contributed by atoms with van der Waals surface area (Å²) in [5.41, 5.74) is 8.04. The molecule has 0 atom stereocenters. The Morgan fingerprint density at radius 1 is 1.21 bits per heavy atom. The van der Waals surface area contributed by atoms with Crippen LogP contribution in [0.5, 0.6) is 0 Å². The highest BCUT2D eigenvalue weighted by atomic mass is 16.6. The molecule has 1 aromatic carbocycles. The molecule has 24 heavy (non-hydrogen) atoms. The molecule has 2 aromatic heterocycles. The third-order valence-corrected chi connectivity index (χ3v) is 3.51. The van der Waals surface area contributed by atoms with E-state index in [2.05, 4.69) is 22.2 Å². The molecule has 0 spiro atoms. The minimum atomic E-state index is -0.654. The van der Waals surface area contributed by atoms with Crippen LogP contribution >= 0.6 is 0 Å². The third kappa shape index (κ3) is 3.12. The van der Waals surface area contributed by atoms with Crippen LogP contribution in [0.25, 0.3) is 11.4 Å². The fraction of sp³-hybridized carbons (Fsp3) is 0.250. The summed E-state index contributed by atoms with van der Waals surface area (Å²) in [5, 5.41) is 7.48. The van der Waals surface area contributed by atoms with Gasteiger partial charge in [0.25, 0.3) is 5.89 Å². The summed E-state index contributed by atoms with van der Waals surface area (Å²) < 4.78 is 14.9. The Morgan fingerprint density at radius 3 is 2.58 bits per heavy atom. The van der Waals surface area contributed by atoms with Crippen LogP contribution in [0.4, 0.5) is 5.88 Å². The number of carbonyl (C=O) groups excluding carboxylic acids is 1. The number of nitrogens with zero attached hydrogens (tertiary/aromatic N) is 3. The van der Waals surface area contributed by atoms with Crippen LogP contribution in [0.3, 0.4) is 0 Å². The van der Waals surface area contributed by atoms with Crippen molar-refractivity contribution in [3.8, 4) is 11.4 Å². The van der Waals surface area contributed by atoms with Gasteiger partial charge in [-0.15, -0.1) is 0 Å². The van der Waals surface area contributed by atoms with Crippen molar-refractivity contribution in [2.24, 2.45) is 0 Å². The molecule has 8 heteroatoms. The predicted octanol–water partition coefficient (Wildman–Crippen LogP) is 2.53. The summed E-state index contributed by atoms with van der Waals surface area (Å²) in [7, 11) is 0. The summed E-state index contributed by atoms with van der Waals surface area (Å²) in [5.74, 6) is -0.118. The SMILES string of the molecule is CCc1ccc(-c2noc(COC(=O)c3c(C)noc3N)n2)cc1. The Hall–Kier alpha value is -3.16. The summed E-state index contributed by atoms with van der Waals surface area (Å²) in [6.45, 7) is 3.52. The van der Waals surface area contributed by atoms with E-state index in [1.54, 1.807) is 6.92 Å². The lowest BCUT2D eigenvalue weighted by Crippen LogP contribution is -2.08. The molecule has 0 unspecified atom stereocenters.